The van der Waals surface area contributed by atoms with Gasteiger partial charge in [-0.1, -0.05) is 6.07 Å². The molecule has 0 bridgehead atoms. The van der Waals surface area contributed by atoms with Crippen molar-refractivity contribution in [1.29, 1.82) is 0 Å². The van der Waals surface area contributed by atoms with Crippen LogP contribution < -0.4 is 10.6 Å². The lowest BCUT2D eigenvalue weighted by molar-refractivity contribution is -0.116. The van der Waals surface area contributed by atoms with Crippen LogP contribution in [0, 0.1) is 0 Å². The van der Waals surface area contributed by atoms with Crippen molar-refractivity contribution in [2.45, 2.75) is 19.9 Å². The second-order valence-electron chi connectivity index (χ2n) is 5.11. The highest BCUT2D eigenvalue weighted by Gasteiger charge is 2.22. The van der Waals surface area contributed by atoms with E-state index in [-0.39, 0.29) is 5.91 Å². The molecule has 3 rings (SSSR count). The Morgan fingerprint density at radius 1 is 1.40 bits per heavy atom. The number of anilines is 1. The fraction of sp³-hybridized carbons (Fsp3) is 0.333. The van der Waals surface area contributed by atoms with Crippen molar-refractivity contribution < 1.29 is 4.79 Å². The molecule has 20 heavy (non-hydrogen) atoms. The van der Waals surface area contributed by atoms with Crippen LogP contribution in [0.1, 0.15) is 18.2 Å². The van der Waals surface area contributed by atoms with Gasteiger partial charge in [-0.3, -0.25) is 9.48 Å². The van der Waals surface area contributed by atoms with Gasteiger partial charge in [0.1, 0.15) is 0 Å². The maximum absolute atomic E-state index is 11.5. The van der Waals surface area contributed by atoms with E-state index in [0.29, 0.717) is 6.54 Å². The summed E-state index contributed by atoms with van der Waals surface area (Å²) in [4.78, 5) is 13.4. The van der Waals surface area contributed by atoms with Gasteiger partial charge in [-0.15, -0.1) is 0 Å². The summed E-state index contributed by atoms with van der Waals surface area (Å²) in [5.41, 5.74) is 10.9. The van der Waals surface area contributed by atoms with Gasteiger partial charge in [0.25, 0.3) is 0 Å². The third kappa shape index (κ3) is 2.00. The summed E-state index contributed by atoms with van der Waals surface area (Å²) in [6.45, 7) is 2.85. The number of hydrogen-bond donors (Lipinski definition) is 1. The second kappa shape index (κ2) is 4.76. The van der Waals surface area contributed by atoms with Crippen LogP contribution in [-0.4, -0.2) is 22.2 Å². The van der Waals surface area contributed by atoms with Crippen LogP contribution in [0.5, 0.6) is 0 Å². The summed E-state index contributed by atoms with van der Waals surface area (Å²) in [6.07, 6.45) is 0.902. The molecule has 104 valence electrons. The third-order valence-corrected chi connectivity index (χ3v) is 3.84. The number of benzene rings is 1. The lowest BCUT2D eigenvalue weighted by Crippen LogP contribution is -2.25. The lowest BCUT2D eigenvalue weighted by Gasteiger charge is -2.14. The first-order valence-electron chi connectivity index (χ1n) is 6.74. The van der Waals surface area contributed by atoms with Gasteiger partial charge < -0.3 is 10.6 Å². The van der Waals surface area contributed by atoms with Crippen LogP contribution >= 0.6 is 0 Å². The first-order valence-corrected chi connectivity index (χ1v) is 6.74. The molecular formula is C15H18N4O. The Morgan fingerprint density at radius 3 is 2.85 bits per heavy atom. The maximum Gasteiger partial charge on any atom is 0.223 e. The Morgan fingerprint density at radius 2 is 2.20 bits per heavy atom. The molecule has 0 atom stereocenters. The monoisotopic (exact) mass is 270 g/mol. The summed E-state index contributed by atoms with van der Waals surface area (Å²) >= 11 is 0. The minimum absolute atomic E-state index is 0.0970. The van der Waals surface area contributed by atoms with Gasteiger partial charge in [-0.25, -0.2) is 0 Å². The number of hydrogen-bond acceptors (Lipinski definition) is 3. The summed E-state index contributed by atoms with van der Waals surface area (Å²) in [5, 5.41) is 4.49. The van der Waals surface area contributed by atoms with Crippen molar-refractivity contribution in [1.82, 2.24) is 9.78 Å². The van der Waals surface area contributed by atoms with Crippen molar-refractivity contribution in [3.63, 3.8) is 0 Å². The molecule has 1 aromatic carbocycles. The Kier molecular flexibility index (Phi) is 3.06. The third-order valence-electron chi connectivity index (χ3n) is 3.84. The molecule has 1 aromatic heterocycles. The lowest BCUT2D eigenvalue weighted by atomic mass is 10.1. The highest BCUT2D eigenvalue weighted by Crippen LogP contribution is 2.32. The van der Waals surface area contributed by atoms with E-state index in [9.17, 15) is 4.79 Å². The molecule has 0 spiro atoms. The van der Waals surface area contributed by atoms with E-state index in [2.05, 4.69) is 11.2 Å². The number of amides is 1. The molecule has 5 nitrogen and oxygen atoms in total. The van der Waals surface area contributed by atoms with Gasteiger partial charge in [-0.2, -0.15) is 5.10 Å². The second-order valence-corrected chi connectivity index (χ2v) is 5.11. The number of aromatic nitrogens is 2. The number of fused-ring (bicyclic) bond motifs is 1. The molecular weight excluding hydrogens is 252 g/mol. The highest BCUT2D eigenvalue weighted by atomic mass is 16.2. The minimum atomic E-state index is 0.0970. The number of nitrogens with zero attached hydrogens (tertiary/aromatic N) is 3. The topological polar surface area (TPSA) is 64.2 Å². The normalized spacial score (nSPS) is 13.7. The molecule has 0 saturated heterocycles. The van der Waals surface area contributed by atoms with Gasteiger partial charge in [0, 0.05) is 38.3 Å². The molecule has 0 unspecified atom stereocenters. The smallest absolute Gasteiger partial charge is 0.223 e. The van der Waals surface area contributed by atoms with E-state index in [1.165, 1.54) is 5.56 Å². The molecule has 1 aliphatic rings. The predicted octanol–water partition coefficient (Wildman–Crippen LogP) is 1.45. The zero-order chi connectivity index (χ0) is 14.3. The van der Waals surface area contributed by atoms with Crippen LogP contribution in [-0.2, 0) is 24.8 Å². The fourth-order valence-corrected chi connectivity index (χ4v) is 2.73. The number of rotatable bonds is 2. The summed E-state index contributed by atoms with van der Waals surface area (Å²) in [7, 11) is 1.90. The molecule has 2 heterocycles. The van der Waals surface area contributed by atoms with Gasteiger partial charge in [0.15, 0.2) is 0 Å². The quantitative estimate of drug-likeness (QED) is 0.898. The molecule has 2 aromatic rings. The van der Waals surface area contributed by atoms with Gasteiger partial charge in [0.2, 0.25) is 5.91 Å². The zero-order valence-corrected chi connectivity index (χ0v) is 11.8. The first kappa shape index (κ1) is 12.9. The Balaban J connectivity index is 1.99. The van der Waals surface area contributed by atoms with E-state index < -0.39 is 0 Å². The summed E-state index contributed by atoms with van der Waals surface area (Å²) < 4.78 is 1.81. The van der Waals surface area contributed by atoms with E-state index in [1.807, 2.05) is 34.8 Å². The van der Waals surface area contributed by atoms with Crippen LogP contribution in [0.4, 0.5) is 5.69 Å². The Labute approximate surface area is 118 Å². The van der Waals surface area contributed by atoms with Crippen LogP contribution in [0.2, 0.25) is 0 Å². The molecule has 0 radical (unpaired) electrons. The summed E-state index contributed by atoms with van der Waals surface area (Å²) in [5.74, 6) is 0.0970. The maximum atomic E-state index is 11.5. The first-order chi connectivity index (χ1) is 9.60. The van der Waals surface area contributed by atoms with Crippen LogP contribution in [0.15, 0.2) is 24.3 Å². The van der Waals surface area contributed by atoms with E-state index in [4.69, 9.17) is 5.73 Å². The Hall–Kier alpha value is -2.14. The highest BCUT2D eigenvalue weighted by molar-refractivity contribution is 5.94. The van der Waals surface area contributed by atoms with Gasteiger partial charge >= 0.3 is 0 Å². The molecule has 5 heteroatoms. The van der Waals surface area contributed by atoms with Gasteiger partial charge in [0.05, 0.1) is 11.4 Å². The molecule has 0 saturated carbocycles. The average molecular weight is 270 g/mol. The van der Waals surface area contributed by atoms with E-state index in [0.717, 1.165) is 35.6 Å². The van der Waals surface area contributed by atoms with Crippen molar-refractivity contribution in [3.8, 4) is 11.3 Å². The molecule has 0 aliphatic carbocycles. The molecule has 1 aliphatic heterocycles. The van der Waals surface area contributed by atoms with Crippen molar-refractivity contribution in [2.75, 3.05) is 11.4 Å². The molecule has 2 N–H and O–H groups in total. The number of aryl methyl sites for hydroxylation is 1. The van der Waals surface area contributed by atoms with Crippen LogP contribution in [0.3, 0.4) is 0 Å². The largest absolute Gasteiger partial charge is 0.325 e. The molecule has 0 fully saturated rings. The van der Waals surface area contributed by atoms with Gasteiger partial charge in [-0.05, 0) is 30.2 Å². The minimum Gasteiger partial charge on any atom is -0.325 e. The number of carbonyl (C=O) groups is 1. The fourth-order valence-electron chi connectivity index (χ4n) is 2.73. The van der Waals surface area contributed by atoms with E-state index >= 15 is 0 Å². The summed E-state index contributed by atoms with van der Waals surface area (Å²) in [6, 6.07) is 8.17. The Bertz CT molecular complexity index is 675. The van der Waals surface area contributed by atoms with E-state index in [1.54, 1.807) is 6.92 Å². The standard InChI is InChI=1S/C15H18N4O/c1-10(20)19-6-5-12-7-11(3-4-15(12)19)14-8-13(9-16)18(2)17-14/h3-4,7-8H,5-6,9,16H2,1-2H3. The SMILES string of the molecule is CC(=O)N1CCc2cc(-c3cc(CN)n(C)n3)ccc21. The van der Waals surface area contributed by atoms with Crippen molar-refractivity contribution in [3.05, 3.63) is 35.5 Å². The van der Waals surface area contributed by atoms with Crippen molar-refractivity contribution in [2.24, 2.45) is 12.8 Å². The zero-order valence-electron chi connectivity index (χ0n) is 11.8. The molecule has 1 amide bonds. The number of nitrogens with two attached hydrogens (primary N) is 1. The predicted molar refractivity (Wildman–Crippen MR) is 78.3 cm³/mol. The average Bonchev–Trinajstić information content (AvgIpc) is 3.00. The van der Waals surface area contributed by atoms with Crippen LogP contribution in [0.25, 0.3) is 11.3 Å². The van der Waals surface area contributed by atoms with Crippen molar-refractivity contribution >= 4 is 11.6 Å². The number of carbonyl (C=O) groups excluding carboxylic acids is 1.